The lowest BCUT2D eigenvalue weighted by atomic mass is 9.96. The van der Waals surface area contributed by atoms with Crippen LogP contribution in [-0.4, -0.2) is 0 Å². The van der Waals surface area contributed by atoms with Crippen LogP contribution < -0.4 is 5.32 Å². The van der Waals surface area contributed by atoms with Gasteiger partial charge in [0.05, 0.1) is 0 Å². The normalized spacial score (nSPS) is 28.7. The van der Waals surface area contributed by atoms with E-state index < -0.39 is 0 Å². The van der Waals surface area contributed by atoms with E-state index in [1.165, 1.54) is 17.7 Å². The molecule has 0 aromatic rings. The van der Waals surface area contributed by atoms with Crippen LogP contribution in [0, 0.1) is 5.92 Å². The van der Waals surface area contributed by atoms with Crippen molar-refractivity contribution in [2.75, 3.05) is 0 Å². The van der Waals surface area contributed by atoms with E-state index >= 15 is 0 Å². The first kappa shape index (κ1) is 5.78. The van der Waals surface area contributed by atoms with Gasteiger partial charge in [-0.2, -0.15) is 0 Å². The second kappa shape index (κ2) is 2.01. The topological polar surface area (TPSA) is 12.0 Å². The van der Waals surface area contributed by atoms with Gasteiger partial charge in [-0.1, -0.05) is 17.7 Å². The Balaban J connectivity index is 2.29. The van der Waals surface area contributed by atoms with Crippen LogP contribution in [0.25, 0.3) is 0 Å². The van der Waals surface area contributed by atoms with Crippen molar-refractivity contribution in [1.82, 2.24) is 5.32 Å². The van der Waals surface area contributed by atoms with Crippen LogP contribution in [0.3, 0.4) is 0 Å². The fraction of sp³-hybridized carbons (Fsp3) is 0.333. The van der Waals surface area contributed by atoms with Crippen molar-refractivity contribution in [1.29, 1.82) is 0 Å². The predicted molar refractivity (Wildman–Crippen MR) is 42.2 cm³/mol. The molecule has 2 aliphatic rings. The molecule has 1 unspecified atom stereocenters. The molecule has 1 aliphatic heterocycles. The third-order valence-corrected chi connectivity index (χ3v) is 2.05. The van der Waals surface area contributed by atoms with Crippen molar-refractivity contribution in [3.63, 3.8) is 0 Å². The standard InChI is InChI=1S/C9H11N/c1-7-2-3-8-4-5-10-9(8)6-7/h2,4-6,8,10H,3H2,1H3. The molecule has 0 saturated carbocycles. The first-order valence-corrected chi connectivity index (χ1v) is 3.68. The van der Waals surface area contributed by atoms with E-state index in [0.29, 0.717) is 5.92 Å². The van der Waals surface area contributed by atoms with E-state index in [0.717, 1.165) is 0 Å². The Labute approximate surface area is 61.1 Å². The average molecular weight is 133 g/mol. The third kappa shape index (κ3) is 0.783. The Hall–Kier alpha value is -0.980. The van der Waals surface area contributed by atoms with Gasteiger partial charge in [-0.25, -0.2) is 0 Å². The van der Waals surface area contributed by atoms with Crippen molar-refractivity contribution in [3.05, 3.63) is 35.7 Å². The Morgan fingerprint density at radius 3 is 3.40 bits per heavy atom. The van der Waals surface area contributed by atoms with Gasteiger partial charge in [0.15, 0.2) is 0 Å². The zero-order valence-corrected chi connectivity index (χ0v) is 6.09. The lowest BCUT2D eigenvalue weighted by Crippen LogP contribution is -2.08. The highest BCUT2D eigenvalue weighted by Crippen LogP contribution is 2.25. The summed E-state index contributed by atoms with van der Waals surface area (Å²) in [6.45, 7) is 2.14. The molecule has 1 aliphatic carbocycles. The smallest absolute Gasteiger partial charge is 0.0222 e. The van der Waals surface area contributed by atoms with Gasteiger partial charge in [0.25, 0.3) is 0 Å². The maximum atomic E-state index is 3.23. The summed E-state index contributed by atoms with van der Waals surface area (Å²) in [5.74, 6) is 0.642. The van der Waals surface area contributed by atoms with E-state index in [2.05, 4.69) is 30.5 Å². The van der Waals surface area contributed by atoms with Gasteiger partial charge in [0, 0.05) is 11.6 Å². The minimum Gasteiger partial charge on any atom is -0.365 e. The molecule has 1 atom stereocenters. The molecule has 52 valence electrons. The minimum absolute atomic E-state index is 0.642. The second-order valence-electron chi connectivity index (χ2n) is 2.89. The molecule has 0 radical (unpaired) electrons. The summed E-state index contributed by atoms with van der Waals surface area (Å²) in [6, 6.07) is 0. The molecule has 2 rings (SSSR count). The highest BCUT2D eigenvalue weighted by atomic mass is 14.9. The molecular weight excluding hydrogens is 122 g/mol. The Morgan fingerprint density at radius 1 is 1.60 bits per heavy atom. The molecule has 0 aromatic heterocycles. The summed E-state index contributed by atoms with van der Waals surface area (Å²) in [4.78, 5) is 0. The molecule has 0 aromatic carbocycles. The van der Waals surface area contributed by atoms with Gasteiger partial charge >= 0.3 is 0 Å². The van der Waals surface area contributed by atoms with Crippen LogP contribution in [-0.2, 0) is 0 Å². The second-order valence-corrected chi connectivity index (χ2v) is 2.89. The zero-order valence-electron chi connectivity index (χ0n) is 6.09. The zero-order chi connectivity index (χ0) is 6.97. The van der Waals surface area contributed by atoms with E-state index in [9.17, 15) is 0 Å². The maximum Gasteiger partial charge on any atom is 0.0222 e. The summed E-state index contributed by atoms with van der Waals surface area (Å²) >= 11 is 0. The quantitative estimate of drug-likeness (QED) is 0.532. The van der Waals surface area contributed by atoms with Crippen molar-refractivity contribution in [3.8, 4) is 0 Å². The molecule has 1 N–H and O–H groups in total. The summed E-state index contributed by atoms with van der Waals surface area (Å²) in [5.41, 5.74) is 2.74. The molecule has 0 amide bonds. The molecule has 1 heteroatoms. The van der Waals surface area contributed by atoms with Crippen LogP contribution in [0.4, 0.5) is 0 Å². The molecule has 0 spiro atoms. The van der Waals surface area contributed by atoms with Gasteiger partial charge in [-0.15, -0.1) is 0 Å². The lowest BCUT2D eigenvalue weighted by molar-refractivity contribution is 0.748. The number of allylic oxidation sites excluding steroid dienone is 4. The number of hydrogen-bond acceptors (Lipinski definition) is 1. The van der Waals surface area contributed by atoms with Crippen LogP contribution in [0.15, 0.2) is 35.7 Å². The van der Waals surface area contributed by atoms with Crippen LogP contribution in [0.5, 0.6) is 0 Å². The van der Waals surface area contributed by atoms with Gasteiger partial charge in [-0.3, -0.25) is 0 Å². The number of fused-ring (bicyclic) bond motifs is 1. The Bertz CT molecular complexity index is 233. The number of rotatable bonds is 0. The largest absolute Gasteiger partial charge is 0.365 e. The summed E-state index contributed by atoms with van der Waals surface area (Å²) in [5, 5.41) is 3.23. The van der Waals surface area contributed by atoms with Gasteiger partial charge in [-0.05, 0) is 25.6 Å². The van der Waals surface area contributed by atoms with Crippen LogP contribution >= 0.6 is 0 Å². The molecule has 0 bridgehead atoms. The SMILES string of the molecule is CC1=CCC2C=CNC2=C1. The van der Waals surface area contributed by atoms with Crippen LogP contribution in [0.1, 0.15) is 13.3 Å². The van der Waals surface area contributed by atoms with Gasteiger partial charge in [0.1, 0.15) is 0 Å². The maximum absolute atomic E-state index is 3.23. The lowest BCUT2D eigenvalue weighted by Gasteiger charge is -2.13. The first-order valence-electron chi connectivity index (χ1n) is 3.68. The van der Waals surface area contributed by atoms with Crippen molar-refractivity contribution >= 4 is 0 Å². The van der Waals surface area contributed by atoms with E-state index in [1.807, 2.05) is 6.20 Å². The predicted octanol–water partition coefficient (Wildman–Crippen LogP) is 1.95. The molecular formula is C9H11N. The molecule has 0 saturated heterocycles. The minimum atomic E-state index is 0.642. The molecule has 0 fully saturated rings. The molecule has 1 nitrogen and oxygen atoms in total. The van der Waals surface area contributed by atoms with E-state index in [1.54, 1.807) is 0 Å². The Kier molecular flexibility index (Phi) is 1.16. The fourth-order valence-electron chi connectivity index (χ4n) is 1.44. The summed E-state index contributed by atoms with van der Waals surface area (Å²) < 4.78 is 0. The van der Waals surface area contributed by atoms with Gasteiger partial charge < -0.3 is 5.32 Å². The average Bonchev–Trinajstić information content (AvgIpc) is 2.33. The van der Waals surface area contributed by atoms with Crippen molar-refractivity contribution < 1.29 is 0 Å². The highest BCUT2D eigenvalue weighted by molar-refractivity contribution is 5.33. The van der Waals surface area contributed by atoms with E-state index in [4.69, 9.17) is 0 Å². The molecule has 10 heavy (non-hydrogen) atoms. The highest BCUT2D eigenvalue weighted by Gasteiger charge is 2.16. The first-order chi connectivity index (χ1) is 4.86. The van der Waals surface area contributed by atoms with Crippen molar-refractivity contribution in [2.45, 2.75) is 13.3 Å². The number of nitrogens with one attached hydrogen (secondary N) is 1. The van der Waals surface area contributed by atoms with E-state index in [-0.39, 0.29) is 0 Å². The van der Waals surface area contributed by atoms with Gasteiger partial charge in [0.2, 0.25) is 0 Å². The van der Waals surface area contributed by atoms with Crippen LogP contribution in [0.2, 0.25) is 0 Å². The summed E-state index contributed by atoms with van der Waals surface area (Å²) in [7, 11) is 0. The van der Waals surface area contributed by atoms with Crippen molar-refractivity contribution in [2.24, 2.45) is 5.92 Å². The Morgan fingerprint density at radius 2 is 2.50 bits per heavy atom. The fourth-order valence-corrected chi connectivity index (χ4v) is 1.44. The number of hydrogen-bond donors (Lipinski definition) is 1. The third-order valence-electron chi connectivity index (χ3n) is 2.05. The summed E-state index contributed by atoms with van der Waals surface area (Å²) in [6.07, 6.45) is 9.92. The molecule has 1 heterocycles. The monoisotopic (exact) mass is 133 g/mol.